The van der Waals surface area contributed by atoms with Crippen molar-refractivity contribution in [3.63, 3.8) is 0 Å². The molecule has 7 heteroatoms. The van der Waals surface area contributed by atoms with Crippen LogP contribution in [0.25, 0.3) is 33.8 Å². The lowest BCUT2D eigenvalue weighted by Gasteiger charge is -2.11. The molecule has 5 aromatic rings. The Morgan fingerprint density at radius 3 is 2.65 bits per heavy atom. The molecule has 0 saturated carbocycles. The van der Waals surface area contributed by atoms with Gasteiger partial charge in [0.25, 0.3) is 11.8 Å². The Bertz CT molecular complexity index is 1400. The molecule has 0 unspecified atom stereocenters. The minimum absolute atomic E-state index is 0.00893. The Hall–Kier alpha value is -4.26. The van der Waals surface area contributed by atoms with Crippen molar-refractivity contribution in [2.24, 2.45) is 0 Å². The summed E-state index contributed by atoms with van der Waals surface area (Å²) in [6.07, 6.45) is 1.51. The Balaban J connectivity index is 1.54. The van der Waals surface area contributed by atoms with Gasteiger partial charge in [-0.1, -0.05) is 47.1 Å². The Morgan fingerprint density at radius 2 is 1.84 bits per heavy atom. The molecular formula is C24H18N4O3. The molecule has 0 spiro atoms. The quantitative estimate of drug-likeness (QED) is 0.425. The van der Waals surface area contributed by atoms with E-state index < -0.39 is 0 Å². The minimum Gasteiger partial charge on any atom is -0.459 e. The summed E-state index contributed by atoms with van der Waals surface area (Å²) in [5.41, 5.74) is 5.16. The smallest absolute Gasteiger partial charge is 0.322 e. The fourth-order valence-electron chi connectivity index (χ4n) is 3.54. The summed E-state index contributed by atoms with van der Waals surface area (Å²) in [7, 11) is 0. The van der Waals surface area contributed by atoms with E-state index in [1.54, 1.807) is 18.2 Å². The number of aromatic nitrogens is 3. The number of aryl methyl sites for hydroxylation is 2. The molecule has 0 aliphatic heterocycles. The zero-order chi connectivity index (χ0) is 21.4. The third kappa shape index (κ3) is 3.57. The van der Waals surface area contributed by atoms with Gasteiger partial charge in [-0.2, -0.15) is 0 Å². The second-order valence-electron chi connectivity index (χ2n) is 7.23. The predicted molar refractivity (Wildman–Crippen MR) is 117 cm³/mol. The second kappa shape index (κ2) is 7.53. The van der Waals surface area contributed by atoms with Gasteiger partial charge in [-0.25, -0.2) is 4.98 Å². The molecule has 0 saturated heterocycles. The normalized spacial score (nSPS) is 11.0. The maximum absolute atomic E-state index is 13.2. The SMILES string of the molecule is Cc1ccc(-c2cc(C(=O)Nc3nnc(-c4ccco4)o3)c3ccccc3n2)c(C)c1. The number of pyridine rings is 1. The van der Waals surface area contributed by atoms with E-state index in [1.165, 1.54) is 11.8 Å². The average Bonchev–Trinajstić information content (AvgIpc) is 3.45. The molecule has 0 aliphatic rings. The van der Waals surface area contributed by atoms with Crippen molar-refractivity contribution in [3.05, 3.63) is 83.6 Å². The van der Waals surface area contributed by atoms with E-state index in [0.717, 1.165) is 27.7 Å². The number of rotatable bonds is 4. The number of anilines is 1. The van der Waals surface area contributed by atoms with Gasteiger partial charge in [-0.05, 0) is 43.7 Å². The zero-order valence-corrected chi connectivity index (χ0v) is 16.9. The molecule has 31 heavy (non-hydrogen) atoms. The van der Waals surface area contributed by atoms with E-state index >= 15 is 0 Å². The molecule has 0 atom stereocenters. The molecule has 152 valence electrons. The van der Waals surface area contributed by atoms with Gasteiger partial charge >= 0.3 is 6.01 Å². The van der Waals surface area contributed by atoms with Crippen molar-refractivity contribution in [2.45, 2.75) is 13.8 Å². The lowest BCUT2D eigenvalue weighted by molar-refractivity contribution is 0.102. The molecule has 1 amide bonds. The van der Waals surface area contributed by atoms with Crippen LogP contribution in [-0.2, 0) is 0 Å². The third-order valence-corrected chi connectivity index (χ3v) is 5.00. The maximum atomic E-state index is 13.2. The van der Waals surface area contributed by atoms with Gasteiger partial charge in [0.05, 0.1) is 23.0 Å². The monoisotopic (exact) mass is 410 g/mol. The Kier molecular flexibility index (Phi) is 4.55. The lowest BCUT2D eigenvalue weighted by Crippen LogP contribution is -2.13. The number of carbonyl (C=O) groups is 1. The van der Waals surface area contributed by atoms with Crippen LogP contribution >= 0.6 is 0 Å². The molecule has 0 radical (unpaired) electrons. The molecule has 0 fully saturated rings. The van der Waals surface area contributed by atoms with Crippen LogP contribution in [-0.4, -0.2) is 21.1 Å². The number of fused-ring (bicyclic) bond motifs is 1. The van der Waals surface area contributed by atoms with Gasteiger partial charge < -0.3 is 8.83 Å². The first-order valence-corrected chi connectivity index (χ1v) is 9.74. The average molecular weight is 410 g/mol. The van der Waals surface area contributed by atoms with Crippen LogP contribution in [0.2, 0.25) is 0 Å². The first kappa shape index (κ1) is 18.7. The summed E-state index contributed by atoms with van der Waals surface area (Å²) < 4.78 is 10.8. The summed E-state index contributed by atoms with van der Waals surface area (Å²) >= 11 is 0. The molecule has 3 aromatic heterocycles. The number of hydrogen-bond acceptors (Lipinski definition) is 6. The molecule has 5 rings (SSSR count). The van der Waals surface area contributed by atoms with Crippen LogP contribution in [0.3, 0.4) is 0 Å². The molecule has 1 N–H and O–H groups in total. The van der Waals surface area contributed by atoms with Gasteiger partial charge in [-0.15, -0.1) is 5.10 Å². The summed E-state index contributed by atoms with van der Waals surface area (Å²) in [6.45, 7) is 4.08. The van der Waals surface area contributed by atoms with Crippen LogP contribution in [0.4, 0.5) is 6.01 Å². The zero-order valence-electron chi connectivity index (χ0n) is 16.9. The lowest BCUT2D eigenvalue weighted by atomic mass is 9.99. The number of amides is 1. The molecular weight excluding hydrogens is 392 g/mol. The van der Waals surface area contributed by atoms with E-state index in [4.69, 9.17) is 13.8 Å². The highest BCUT2D eigenvalue weighted by Crippen LogP contribution is 2.28. The van der Waals surface area contributed by atoms with E-state index in [1.807, 2.05) is 50.2 Å². The topological polar surface area (TPSA) is 94.1 Å². The number of carbonyl (C=O) groups excluding carboxylic acids is 1. The third-order valence-electron chi connectivity index (χ3n) is 5.00. The van der Waals surface area contributed by atoms with Crippen LogP contribution in [0.5, 0.6) is 0 Å². The van der Waals surface area contributed by atoms with Crippen molar-refractivity contribution in [3.8, 4) is 22.9 Å². The van der Waals surface area contributed by atoms with Crippen molar-refractivity contribution >= 4 is 22.8 Å². The molecule has 7 nitrogen and oxygen atoms in total. The molecule has 3 heterocycles. The fourth-order valence-corrected chi connectivity index (χ4v) is 3.54. The first-order valence-electron chi connectivity index (χ1n) is 9.74. The molecule has 2 aromatic carbocycles. The Labute approximate surface area is 177 Å². The molecule has 0 bridgehead atoms. The van der Waals surface area contributed by atoms with E-state index in [-0.39, 0.29) is 17.8 Å². The van der Waals surface area contributed by atoms with Gasteiger partial charge in [0.15, 0.2) is 5.76 Å². The molecule has 0 aliphatic carbocycles. The standard InChI is InChI=1S/C24H18N4O3/c1-14-9-10-16(15(2)12-14)20-13-18(17-6-3-4-7-19(17)25-20)22(29)26-24-28-27-23(31-24)21-8-5-11-30-21/h3-13H,1-2H3,(H,26,28,29). The van der Waals surface area contributed by atoms with Crippen LogP contribution in [0.15, 0.2) is 75.8 Å². The maximum Gasteiger partial charge on any atom is 0.322 e. The highest BCUT2D eigenvalue weighted by atomic mass is 16.4. The summed E-state index contributed by atoms with van der Waals surface area (Å²) in [5.74, 6) is 0.259. The van der Waals surface area contributed by atoms with E-state index in [2.05, 4.69) is 21.6 Å². The van der Waals surface area contributed by atoms with Gasteiger partial charge in [-0.3, -0.25) is 10.1 Å². The summed E-state index contributed by atoms with van der Waals surface area (Å²) in [5, 5.41) is 11.2. The van der Waals surface area contributed by atoms with Crippen molar-refractivity contribution in [1.29, 1.82) is 0 Å². The number of furan rings is 1. The highest BCUT2D eigenvalue weighted by molar-refractivity contribution is 6.12. The summed E-state index contributed by atoms with van der Waals surface area (Å²) in [6, 6.07) is 18.9. The fraction of sp³-hybridized carbons (Fsp3) is 0.0833. The first-order chi connectivity index (χ1) is 15.1. The predicted octanol–water partition coefficient (Wildman–Crippen LogP) is 5.41. The number of benzene rings is 2. The number of nitrogens with one attached hydrogen (secondary N) is 1. The van der Waals surface area contributed by atoms with Gasteiger partial charge in [0, 0.05) is 10.9 Å². The number of hydrogen-bond donors (Lipinski definition) is 1. The van der Waals surface area contributed by atoms with Crippen molar-refractivity contribution in [1.82, 2.24) is 15.2 Å². The van der Waals surface area contributed by atoms with Crippen LogP contribution in [0, 0.1) is 13.8 Å². The number of para-hydroxylation sites is 1. The highest BCUT2D eigenvalue weighted by Gasteiger charge is 2.18. The van der Waals surface area contributed by atoms with E-state index in [9.17, 15) is 4.79 Å². The Morgan fingerprint density at radius 1 is 0.968 bits per heavy atom. The van der Waals surface area contributed by atoms with Gasteiger partial charge in [0.1, 0.15) is 0 Å². The minimum atomic E-state index is -0.362. The van der Waals surface area contributed by atoms with E-state index in [0.29, 0.717) is 11.3 Å². The second-order valence-corrected chi connectivity index (χ2v) is 7.23. The van der Waals surface area contributed by atoms with Crippen LogP contribution in [0.1, 0.15) is 21.5 Å². The van der Waals surface area contributed by atoms with Crippen molar-refractivity contribution in [2.75, 3.05) is 5.32 Å². The summed E-state index contributed by atoms with van der Waals surface area (Å²) in [4.78, 5) is 17.9. The largest absolute Gasteiger partial charge is 0.459 e. The van der Waals surface area contributed by atoms with Crippen molar-refractivity contribution < 1.29 is 13.6 Å². The van der Waals surface area contributed by atoms with Gasteiger partial charge in [0.2, 0.25) is 0 Å². The van der Waals surface area contributed by atoms with Crippen LogP contribution < -0.4 is 5.32 Å². The number of nitrogens with zero attached hydrogens (tertiary/aromatic N) is 3.